The van der Waals surface area contributed by atoms with Crippen LogP contribution in [0.5, 0.6) is 0 Å². The van der Waals surface area contributed by atoms with Gasteiger partial charge in [-0.1, -0.05) is 24.3 Å². The Bertz CT molecular complexity index is 771. The Morgan fingerprint density at radius 3 is 2.80 bits per heavy atom. The first-order valence-electron chi connectivity index (χ1n) is 7.94. The van der Waals surface area contributed by atoms with Crippen molar-refractivity contribution >= 4 is 17.6 Å². The summed E-state index contributed by atoms with van der Waals surface area (Å²) in [5.41, 5.74) is 5.84. The van der Waals surface area contributed by atoms with E-state index in [-0.39, 0.29) is 23.8 Å². The van der Waals surface area contributed by atoms with Crippen molar-refractivity contribution in [1.29, 1.82) is 0 Å². The lowest BCUT2D eigenvalue weighted by molar-refractivity contribution is -0.116. The molecule has 2 N–H and O–H groups in total. The highest BCUT2D eigenvalue weighted by Crippen LogP contribution is 2.18. The van der Waals surface area contributed by atoms with Crippen molar-refractivity contribution in [3.05, 3.63) is 65.7 Å². The summed E-state index contributed by atoms with van der Waals surface area (Å²) >= 11 is 0. The molecule has 2 aliphatic heterocycles. The van der Waals surface area contributed by atoms with Crippen LogP contribution in [0.1, 0.15) is 16.8 Å². The average molecular weight is 343 g/mol. The summed E-state index contributed by atoms with van der Waals surface area (Å²) < 4.78 is 18.7. The molecule has 1 amide bonds. The van der Waals surface area contributed by atoms with E-state index >= 15 is 0 Å². The van der Waals surface area contributed by atoms with Crippen LogP contribution >= 0.6 is 0 Å². The summed E-state index contributed by atoms with van der Waals surface area (Å²) in [6, 6.07) is 3.62. The van der Waals surface area contributed by atoms with Gasteiger partial charge in [0.15, 0.2) is 0 Å². The number of nitrogens with zero attached hydrogens (tertiary/aromatic N) is 1. The van der Waals surface area contributed by atoms with Crippen LogP contribution in [0.25, 0.3) is 0 Å². The largest absolute Gasteiger partial charge is 0.462 e. The number of nitrogens with one attached hydrogen (secondary N) is 2. The van der Waals surface area contributed by atoms with Crippen LogP contribution in [0.2, 0.25) is 0 Å². The standard InChI is InChI=1S/C18H18FN3O3/c19-14-6-7-15-16(11-14)20-21-17(23)13-5-4-9-22(12-13)8-2-1-3-10-25-18(15)24/h1-2,4-7,11-12,20H,3,8-10H2,(H,21,23)/b2-1+. The summed E-state index contributed by atoms with van der Waals surface area (Å²) in [5.74, 6) is -1.50. The number of hydrogen-bond acceptors (Lipinski definition) is 5. The minimum atomic E-state index is -0.582. The van der Waals surface area contributed by atoms with Gasteiger partial charge in [0.2, 0.25) is 0 Å². The Morgan fingerprint density at radius 2 is 1.92 bits per heavy atom. The van der Waals surface area contributed by atoms with Crippen LogP contribution in [0.3, 0.4) is 0 Å². The lowest BCUT2D eigenvalue weighted by Gasteiger charge is -2.21. The van der Waals surface area contributed by atoms with Gasteiger partial charge in [-0.15, -0.1) is 0 Å². The zero-order valence-electron chi connectivity index (χ0n) is 13.5. The number of hydrogen-bond donors (Lipinski definition) is 2. The second kappa shape index (κ2) is 7.65. The molecular formula is C18H18FN3O3. The Balaban J connectivity index is 1.87. The number of ether oxygens (including phenoxy) is 1. The lowest BCUT2D eigenvalue weighted by atomic mass is 10.1. The van der Waals surface area contributed by atoms with Gasteiger partial charge < -0.3 is 9.64 Å². The molecule has 0 saturated carbocycles. The van der Waals surface area contributed by atoms with Crippen molar-refractivity contribution in [3.8, 4) is 0 Å². The van der Waals surface area contributed by atoms with Crippen LogP contribution in [-0.2, 0) is 9.53 Å². The molecule has 3 rings (SSSR count). The first-order chi connectivity index (χ1) is 12.1. The van der Waals surface area contributed by atoms with Crippen molar-refractivity contribution in [2.75, 3.05) is 25.1 Å². The summed E-state index contributed by atoms with van der Waals surface area (Å²) in [4.78, 5) is 26.4. The first kappa shape index (κ1) is 16.8. The molecule has 1 aromatic carbocycles. The number of hydrazine groups is 1. The van der Waals surface area contributed by atoms with E-state index in [1.165, 1.54) is 12.1 Å². The molecule has 1 aromatic rings. The van der Waals surface area contributed by atoms with Crippen LogP contribution in [0.4, 0.5) is 10.1 Å². The number of halogens is 1. The smallest absolute Gasteiger partial charge is 0.340 e. The van der Waals surface area contributed by atoms with Crippen molar-refractivity contribution in [1.82, 2.24) is 10.3 Å². The molecule has 0 saturated heterocycles. The molecule has 0 unspecified atom stereocenters. The summed E-state index contributed by atoms with van der Waals surface area (Å²) in [5, 5.41) is 0. The summed E-state index contributed by atoms with van der Waals surface area (Å²) in [7, 11) is 0. The van der Waals surface area contributed by atoms with Gasteiger partial charge in [-0.2, -0.15) is 0 Å². The maximum absolute atomic E-state index is 13.5. The highest BCUT2D eigenvalue weighted by Gasteiger charge is 2.16. The highest BCUT2D eigenvalue weighted by molar-refractivity contribution is 5.99. The quantitative estimate of drug-likeness (QED) is 0.558. The van der Waals surface area contributed by atoms with Gasteiger partial charge in [0.25, 0.3) is 5.91 Å². The predicted molar refractivity (Wildman–Crippen MR) is 91.0 cm³/mol. The summed E-state index contributed by atoms with van der Waals surface area (Å²) in [6.07, 6.45) is 9.82. The van der Waals surface area contributed by atoms with Crippen LogP contribution in [0.15, 0.2) is 54.3 Å². The number of esters is 1. The van der Waals surface area contributed by atoms with E-state index in [0.29, 0.717) is 25.1 Å². The zero-order valence-corrected chi connectivity index (χ0v) is 13.5. The number of rotatable bonds is 0. The molecule has 25 heavy (non-hydrogen) atoms. The van der Waals surface area contributed by atoms with Gasteiger partial charge in [0.1, 0.15) is 5.82 Å². The van der Waals surface area contributed by atoms with Gasteiger partial charge >= 0.3 is 5.97 Å². The Morgan fingerprint density at radius 1 is 1.08 bits per heavy atom. The van der Waals surface area contributed by atoms with E-state index < -0.39 is 11.8 Å². The first-order valence-corrected chi connectivity index (χ1v) is 7.94. The van der Waals surface area contributed by atoms with Gasteiger partial charge in [0.05, 0.1) is 23.4 Å². The molecule has 0 atom stereocenters. The minimum absolute atomic E-state index is 0.140. The van der Waals surface area contributed by atoms with E-state index in [1.807, 2.05) is 23.1 Å². The van der Waals surface area contributed by atoms with Gasteiger partial charge in [-0.25, -0.2) is 9.18 Å². The van der Waals surface area contributed by atoms with E-state index in [4.69, 9.17) is 4.74 Å². The maximum Gasteiger partial charge on any atom is 0.340 e. The third kappa shape index (κ3) is 4.26. The SMILES string of the molecule is O=C1NNc2cc(F)ccc2C(=O)OCC/C=C/CN2C=C1C=CC2. The number of cyclic esters (lactones) is 1. The molecule has 6 nitrogen and oxygen atoms in total. The zero-order chi connectivity index (χ0) is 17.6. The Kier molecular flexibility index (Phi) is 5.13. The molecule has 2 bridgehead atoms. The van der Waals surface area contributed by atoms with Crippen molar-refractivity contribution < 1.29 is 18.7 Å². The number of carbonyl (C=O) groups excluding carboxylic acids is 2. The topological polar surface area (TPSA) is 70.7 Å². The molecular weight excluding hydrogens is 325 g/mol. The molecule has 0 fully saturated rings. The number of anilines is 1. The maximum atomic E-state index is 13.5. The molecule has 2 aliphatic rings. The third-order valence-corrected chi connectivity index (χ3v) is 3.76. The highest BCUT2D eigenvalue weighted by atomic mass is 19.1. The molecule has 130 valence electrons. The van der Waals surface area contributed by atoms with Crippen molar-refractivity contribution in [3.63, 3.8) is 0 Å². The molecule has 7 heteroatoms. The van der Waals surface area contributed by atoms with Crippen molar-refractivity contribution in [2.45, 2.75) is 6.42 Å². The Hall–Kier alpha value is -3.09. The fraction of sp³-hybridized carbons (Fsp3) is 0.222. The molecule has 0 spiro atoms. The number of benzene rings is 1. The van der Waals surface area contributed by atoms with Crippen molar-refractivity contribution in [2.24, 2.45) is 0 Å². The molecule has 0 aromatic heterocycles. The number of fused-ring (bicyclic) bond motifs is 2. The fourth-order valence-electron chi connectivity index (χ4n) is 2.49. The Labute approximate surface area is 144 Å². The van der Waals surface area contributed by atoms with E-state index in [0.717, 1.165) is 6.07 Å². The second-order valence-electron chi connectivity index (χ2n) is 5.61. The van der Waals surface area contributed by atoms with Crippen LogP contribution < -0.4 is 10.9 Å². The van der Waals surface area contributed by atoms with Gasteiger partial charge in [0, 0.05) is 19.3 Å². The van der Waals surface area contributed by atoms with E-state index in [9.17, 15) is 14.0 Å². The third-order valence-electron chi connectivity index (χ3n) is 3.76. The van der Waals surface area contributed by atoms with E-state index in [2.05, 4.69) is 10.9 Å². The summed E-state index contributed by atoms with van der Waals surface area (Å²) in [6.45, 7) is 1.57. The number of amides is 1. The molecule has 0 radical (unpaired) electrons. The van der Waals surface area contributed by atoms with Crippen LogP contribution in [-0.4, -0.2) is 36.5 Å². The predicted octanol–water partition coefficient (Wildman–Crippen LogP) is 2.14. The van der Waals surface area contributed by atoms with E-state index in [1.54, 1.807) is 12.3 Å². The molecule has 2 heterocycles. The second-order valence-corrected chi connectivity index (χ2v) is 5.61. The lowest BCUT2D eigenvalue weighted by Crippen LogP contribution is -2.33. The van der Waals surface area contributed by atoms with Gasteiger partial charge in [-0.3, -0.25) is 15.6 Å². The fourth-order valence-corrected chi connectivity index (χ4v) is 2.49. The normalized spacial score (nSPS) is 19.4. The average Bonchev–Trinajstić information content (AvgIpc) is 2.62. The minimum Gasteiger partial charge on any atom is -0.462 e. The molecule has 0 aliphatic carbocycles. The number of carbonyl (C=O) groups is 2. The monoisotopic (exact) mass is 343 g/mol. The van der Waals surface area contributed by atoms with Crippen LogP contribution in [0, 0.1) is 5.82 Å². The van der Waals surface area contributed by atoms with Gasteiger partial charge in [-0.05, 0) is 24.6 Å².